The summed E-state index contributed by atoms with van der Waals surface area (Å²) in [6, 6.07) is 18.7. The standard InChI is InChI=1S/C24H23N3O.C8H13NO/c1-2-27-22(26-24(23(27)28)14-3-4-15-24)18-12-10-17(11-13-18)19-7-5-9-21-20(19)8-6-16-25-21;10-8(7-3-4-7)9-5-1-2-6-9/h5-13,16H,2-4,14-15H2,1H3;7H,1-6H2. The van der Waals surface area contributed by atoms with Crippen molar-refractivity contribution in [1.82, 2.24) is 14.8 Å². The number of nitrogens with zero attached hydrogens (tertiary/aromatic N) is 4. The fraction of sp³-hybridized carbons (Fsp3) is 0.438. The van der Waals surface area contributed by atoms with Gasteiger partial charge in [0.05, 0.1) is 5.52 Å². The molecule has 196 valence electrons. The first-order valence-electron chi connectivity index (χ1n) is 14.2. The number of carbonyl (C=O) groups is 2. The third-order valence-electron chi connectivity index (χ3n) is 8.41. The van der Waals surface area contributed by atoms with Crippen molar-refractivity contribution in [2.75, 3.05) is 19.6 Å². The number of amidine groups is 1. The Labute approximate surface area is 224 Å². The molecule has 6 nitrogen and oxygen atoms in total. The van der Waals surface area contributed by atoms with Crippen LogP contribution in [0.15, 0.2) is 65.8 Å². The Kier molecular flexibility index (Phi) is 6.73. The molecule has 2 aromatic carbocycles. The lowest BCUT2D eigenvalue weighted by Gasteiger charge is -2.21. The number of likely N-dealkylation sites (tertiary alicyclic amines) is 1. The molecule has 0 radical (unpaired) electrons. The molecule has 6 heteroatoms. The molecule has 2 aliphatic carbocycles. The van der Waals surface area contributed by atoms with Crippen LogP contribution in [0.1, 0.15) is 63.9 Å². The predicted octanol–water partition coefficient (Wildman–Crippen LogP) is 5.84. The quantitative estimate of drug-likeness (QED) is 0.445. The highest BCUT2D eigenvalue weighted by Gasteiger charge is 2.49. The number of hydrogen-bond acceptors (Lipinski definition) is 4. The molecular formula is C32H36N4O2. The summed E-state index contributed by atoms with van der Waals surface area (Å²) in [5, 5.41) is 1.14. The maximum atomic E-state index is 13.0. The summed E-state index contributed by atoms with van der Waals surface area (Å²) in [6.07, 6.45) is 10.5. The van der Waals surface area contributed by atoms with Crippen LogP contribution < -0.4 is 0 Å². The first kappa shape index (κ1) is 24.8. The second-order valence-electron chi connectivity index (χ2n) is 11.0. The fourth-order valence-corrected chi connectivity index (χ4v) is 6.14. The SMILES string of the molecule is CCN1C(=O)C2(CCCC2)N=C1c1ccc(-c2cccc3ncccc23)cc1.O=C(C1CC1)N1CCCC1. The Bertz CT molecular complexity index is 1360. The Hall–Kier alpha value is -3.54. The van der Waals surface area contributed by atoms with E-state index in [0.717, 1.165) is 79.5 Å². The number of aliphatic imine (C=N–C) groups is 1. The van der Waals surface area contributed by atoms with Gasteiger partial charge in [0, 0.05) is 42.7 Å². The van der Waals surface area contributed by atoms with Gasteiger partial charge in [-0.3, -0.25) is 24.5 Å². The van der Waals surface area contributed by atoms with Gasteiger partial charge in [-0.05, 0) is 68.7 Å². The minimum absolute atomic E-state index is 0.187. The summed E-state index contributed by atoms with van der Waals surface area (Å²) < 4.78 is 0. The Morgan fingerprint density at radius 3 is 2.32 bits per heavy atom. The van der Waals surface area contributed by atoms with Crippen molar-refractivity contribution >= 4 is 28.6 Å². The summed E-state index contributed by atoms with van der Waals surface area (Å²) in [6.45, 7) is 4.74. The second kappa shape index (κ2) is 10.3. The van der Waals surface area contributed by atoms with Gasteiger partial charge < -0.3 is 4.90 Å². The number of likely N-dealkylation sites (N-methyl/N-ethyl adjacent to an activating group) is 1. The molecule has 38 heavy (non-hydrogen) atoms. The first-order valence-corrected chi connectivity index (χ1v) is 14.2. The van der Waals surface area contributed by atoms with Crippen molar-refractivity contribution in [2.45, 2.75) is 63.8 Å². The molecule has 2 amide bonds. The minimum atomic E-state index is -0.495. The number of aromatic nitrogens is 1. The third-order valence-corrected chi connectivity index (χ3v) is 8.41. The van der Waals surface area contributed by atoms with Crippen molar-refractivity contribution < 1.29 is 9.59 Å². The van der Waals surface area contributed by atoms with Gasteiger partial charge in [0.25, 0.3) is 5.91 Å². The lowest BCUT2D eigenvalue weighted by molar-refractivity contribution is -0.131. The van der Waals surface area contributed by atoms with Crippen LogP contribution in [0.3, 0.4) is 0 Å². The van der Waals surface area contributed by atoms with E-state index in [-0.39, 0.29) is 5.91 Å². The van der Waals surface area contributed by atoms with Crippen LogP contribution in [-0.4, -0.2) is 57.6 Å². The van der Waals surface area contributed by atoms with E-state index in [1.165, 1.54) is 18.4 Å². The smallest absolute Gasteiger partial charge is 0.256 e. The molecule has 2 saturated carbocycles. The molecule has 3 aromatic rings. The van der Waals surface area contributed by atoms with Crippen LogP contribution >= 0.6 is 0 Å². The molecular weight excluding hydrogens is 472 g/mol. The summed E-state index contributed by atoms with van der Waals surface area (Å²) in [5.74, 6) is 1.88. The molecule has 1 spiro atoms. The van der Waals surface area contributed by atoms with E-state index in [1.54, 1.807) is 0 Å². The number of amides is 2. The third kappa shape index (κ3) is 4.61. The Morgan fingerprint density at radius 2 is 1.63 bits per heavy atom. The van der Waals surface area contributed by atoms with Crippen LogP contribution in [0, 0.1) is 5.92 Å². The topological polar surface area (TPSA) is 65.9 Å². The van der Waals surface area contributed by atoms with Crippen molar-refractivity contribution in [1.29, 1.82) is 0 Å². The van der Waals surface area contributed by atoms with Crippen LogP contribution in [0.4, 0.5) is 0 Å². The van der Waals surface area contributed by atoms with E-state index < -0.39 is 5.54 Å². The summed E-state index contributed by atoms with van der Waals surface area (Å²) in [4.78, 5) is 37.6. The molecule has 7 rings (SSSR count). The monoisotopic (exact) mass is 508 g/mol. The van der Waals surface area contributed by atoms with Gasteiger partial charge in [0.2, 0.25) is 5.91 Å². The maximum absolute atomic E-state index is 13.0. The molecule has 0 bridgehead atoms. The highest BCUT2D eigenvalue weighted by molar-refractivity contribution is 6.15. The number of benzene rings is 2. The molecule has 4 aliphatic rings. The lowest BCUT2D eigenvalue weighted by Crippen LogP contribution is -2.41. The van der Waals surface area contributed by atoms with Crippen molar-refractivity contribution in [2.24, 2.45) is 10.9 Å². The zero-order chi connectivity index (χ0) is 26.1. The van der Waals surface area contributed by atoms with E-state index in [2.05, 4.69) is 41.4 Å². The van der Waals surface area contributed by atoms with Gasteiger partial charge in [0.1, 0.15) is 11.4 Å². The van der Waals surface area contributed by atoms with E-state index in [0.29, 0.717) is 18.4 Å². The highest BCUT2D eigenvalue weighted by Crippen LogP contribution is 2.40. The van der Waals surface area contributed by atoms with Gasteiger partial charge in [0.15, 0.2) is 0 Å². The number of pyridine rings is 1. The zero-order valence-electron chi connectivity index (χ0n) is 22.2. The predicted molar refractivity (Wildman–Crippen MR) is 151 cm³/mol. The minimum Gasteiger partial charge on any atom is -0.342 e. The van der Waals surface area contributed by atoms with Crippen molar-refractivity contribution in [3.05, 3.63) is 66.4 Å². The van der Waals surface area contributed by atoms with Crippen molar-refractivity contribution in [3.63, 3.8) is 0 Å². The average Bonchev–Trinajstić information content (AvgIpc) is 3.34. The lowest BCUT2D eigenvalue weighted by atomic mass is 9.98. The molecule has 3 fully saturated rings. The van der Waals surface area contributed by atoms with E-state index in [4.69, 9.17) is 4.99 Å². The van der Waals surface area contributed by atoms with E-state index in [1.807, 2.05) is 41.1 Å². The molecule has 0 unspecified atom stereocenters. The Balaban J connectivity index is 0.000000221. The largest absolute Gasteiger partial charge is 0.342 e. The molecule has 1 saturated heterocycles. The number of fused-ring (bicyclic) bond motifs is 1. The fourth-order valence-electron chi connectivity index (χ4n) is 6.14. The highest BCUT2D eigenvalue weighted by atomic mass is 16.2. The normalized spacial score (nSPS) is 20.1. The summed E-state index contributed by atoms with van der Waals surface area (Å²) in [7, 11) is 0. The van der Waals surface area contributed by atoms with E-state index >= 15 is 0 Å². The summed E-state index contributed by atoms with van der Waals surface area (Å²) in [5.41, 5.74) is 3.83. The van der Waals surface area contributed by atoms with Crippen molar-refractivity contribution in [3.8, 4) is 11.1 Å². The number of hydrogen-bond donors (Lipinski definition) is 0. The average molecular weight is 509 g/mol. The zero-order valence-corrected chi connectivity index (χ0v) is 22.2. The van der Waals surface area contributed by atoms with Gasteiger partial charge in [-0.25, -0.2) is 0 Å². The number of carbonyl (C=O) groups excluding carboxylic acids is 2. The maximum Gasteiger partial charge on any atom is 0.256 e. The van der Waals surface area contributed by atoms with Gasteiger partial charge in [-0.15, -0.1) is 0 Å². The molecule has 0 N–H and O–H groups in total. The second-order valence-corrected chi connectivity index (χ2v) is 11.0. The van der Waals surface area contributed by atoms with Crippen LogP contribution in [0.2, 0.25) is 0 Å². The van der Waals surface area contributed by atoms with Crippen LogP contribution in [-0.2, 0) is 9.59 Å². The van der Waals surface area contributed by atoms with Crippen LogP contribution in [0.5, 0.6) is 0 Å². The molecule has 2 aliphatic heterocycles. The Morgan fingerprint density at radius 1 is 0.921 bits per heavy atom. The number of rotatable bonds is 4. The molecule has 0 atom stereocenters. The van der Waals surface area contributed by atoms with Gasteiger partial charge in [-0.1, -0.05) is 55.3 Å². The van der Waals surface area contributed by atoms with Gasteiger partial charge >= 0.3 is 0 Å². The molecule has 3 heterocycles. The van der Waals surface area contributed by atoms with Crippen LogP contribution in [0.25, 0.3) is 22.0 Å². The first-order chi connectivity index (χ1) is 18.6. The van der Waals surface area contributed by atoms with Gasteiger partial charge in [-0.2, -0.15) is 0 Å². The molecule has 1 aromatic heterocycles. The summed E-state index contributed by atoms with van der Waals surface area (Å²) >= 11 is 0. The van der Waals surface area contributed by atoms with E-state index in [9.17, 15) is 9.59 Å².